The van der Waals surface area contributed by atoms with Gasteiger partial charge in [-0.15, -0.1) is 0 Å². The Labute approximate surface area is 147 Å². The van der Waals surface area contributed by atoms with Gasteiger partial charge in [0.2, 0.25) is 0 Å². The van der Waals surface area contributed by atoms with Crippen LogP contribution in [-0.4, -0.2) is 39.2 Å². The lowest BCUT2D eigenvalue weighted by molar-refractivity contribution is 0.0735. The Bertz CT molecular complexity index is 819. The molecule has 1 aliphatic heterocycles. The monoisotopic (exact) mass is 342 g/mol. The largest absolute Gasteiger partial charge is 0.496 e. The minimum Gasteiger partial charge on any atom is -0.496 e. The zero-order chi connectivity index (χ0) is 18.1. The molecule has 1 atom stereocenters. The van der Waals surface area contributed by atoms with Gasteiger partial charge in [0.1, 0.15) is 11.9 Å². The van der Waals surface area contributed by atoms with Gasteiger partial charge in [-0.05, 0) is 36.2 Å². The standard InChI is InChI=1S/C19H22N2O4/c1-11-8-12(6-7-15(11)23-3)18-20-14-10-17(25-5)16(24-4)9-13(14)19(22)21(18)2/h6-10,18,20H,1-5H3. The van der Waals surface area contributed by atoms with E-state index in [1.54, 1.807) is 45.4 Å². The molecule has 2 aromatic carbocycles. The molecule has 25 heavy (non-hydrogen) atoms. The fourth-order valence-corrected chi connectivity index (χ4v) is 3.11. The summed E-state index contributed by atoms with van der Waals surface area (Å²) in [6.07, 6.45) is -0.275. The van der Waals surface area contributed by atoms with Crippen LogP contribution in [0.15, 0.2) is 30.3 Å². The van der Waals surface area contributed by atoms with Crippen molar-refractivity contribution in [3.05, 3.63) is 47.0 Å². The molecule has 6 nitrogen and oxygen atoms in total. The third-order valence-corrected chi connectivity index (χ3v) is 4.49. The normalized spacial score (nSPS) is 16.1. The summed E-state index contributed by atoms with van der Waals surface area (Å²) in [5.74, 6) is 1.85. The van der Waals surface area contributed by atoms with Crippen molar-refractivity contribution in [3.63, 3.8) is 0 Å². The number of amides is 1. The van der Waals surface area contributed by atoms with E-state index in [-0.39, 0.29) is 12.1 Å². The minimum atomic E-state index is -0.275. The lowest BCUT2D eigenvalue weighted by atomic mass is 10.0. The summed E-state index contributed by atoms with van der Waals surface area (Å²) < 4.78 is 16.0. The molecule has 0 aromatic heterocycles. The fourth-order valence-electron chi connectivity index (χ4n) is 3.11. The molecule has 0 fully saturated rings. The molecule has 0 saturated carbocycles. The number of fused-ring (bicyclic) bond motifs is 1. The highest BCUT2D eigenvalue weighted by Crippen LogP contribution is 2.39. The Morgan fingerprint density at radius 3 is 2.20 bits per heavy atom. The van der Waals surface area contributed by atoms with Gasteiger partial charge in [0, 0.05) is 13.1 Å². The Morgan fingerprint density at radius 2 is 1.60 bits per heavy atom. The number of carbonyl (C=O) groups is 1. The molecular weight excluding hydrogens is 320 g/mol. The topological polar surface area (TPSA) is 60.0 Å². The van der Waals surface area contributed by atoms with Crippen molar-refractivity contribution in [1.82, 2.24) is 4.90 Å². The van der Waals surface area contributed by atoms with Crippen LogP contribution in [0, 0.1) is 6.92 Å². The number of nitrogens with one attached hydrogen (secondary N) is 1. The molecule has 1 amide bonds. The maximum absolute atomic E-state index is 12.8. The molecule has 3 rings (SSSR count). The summed E-state index contributed by atoms with van der Waals surface area (Å²) in [7, 11) is 6.55. The molecule has 2 aromatic rings. The number of nitrogens with zero attached hydrogens (tertiary/aromatic N) is 1. The van der Waals surface area contributed by atoms with E-state index >= 15 is 0 Å². The summed E-state index contributed by atoms with van der Waals surface area (Å²) >= 11 is 0. The van der Waals surface area contributed by atoms with Crippen molar-refractivity contribution in [3.8, 4) is 17.2 Å². The van der Waals surface area contributed by atoms with Gasteiger partial charge in [0.05, 0.1) is 32.6 Å². The van der Waals surface area contributed by atoms with Crippen LogP contribution in [0.25, 0.3) is 0 Å². The van der Waals surface area contributed by atoms with Crippen LogP contribution in [0.3, 0.4) is 0 Å². The van der Waals surface area contributed by atoms with E-state index in [1.165, 1.54) is 0 Å². The molecule has 1 aliphatic rings. The molecule has 6 heteroatoms. The zero-order valence-electron chi connectivity index (χ0n) is 15.0. The molecule has 0 radical (unpaired) electrons. The molecule has 0 aliphatic carbocycles. The van der Waals surface area contributed by atoms with E-state index in [2.05, 4.69) is 5.32 Å². The SMILES string of the molecule is COc1ccc(C2Nc3cc(OC)c(OC)cc3C(=O)N2C)cc1C. The third-order valence-electron chi connectivity index (χ3n) is 4.49. The number of hydrogen-bond donors (Lipinski definition) is 1. The van der Waals surface area contributed by atoms with E-state index in [9.17, 15) is 4.79 Å². The van der Waals surface area contributed by atoms with Crippen LogP contribution < -0.4 is 19.5 Å². The number of aryl methyl sites for hydroxylation is 1. The van der Waals surface area contributed by atoms with Crippen molar-refractivity contribution in [2.75, 3.05) is 33.7 Å². The highest BCUT2D eigenvalue weighted by atomic mass is 16.5. The van der Waals surface area contributed by atoms with Gasteiger partial charge in [-0.3, -0.25) is 4.79 Å². The van der Waals surface area contributed by atoms with Crippen LogP contribution in [-0.2, 0) is 0 Å². The molecule has 0 spiro atoms. The van der Waals surface area contributed by atoms with Gasteiger partial charge in [0.25, 0.3) is 5.91 Å². The van der Waals surface area contributed by atoms with Crippen molar-refractivity contribution >= 4 is 11.6 Å². The smallest absolute Gasteiger partial charge is 0.257 e. The number of ether oxygens (including phenoxy) is 3. The fraction of sp³-hybridized carbons (Fsp3) is 0.316. The summed E-state index contributed by atoms with van der Waals surface area (Å²) in [5, 5.41) is 3.41. The molecule has 0 saturated heterocycles. The van der Waals surface area contributed by atoms with E-state index in [0.717, 1.165) is 22.6 Å². The second-order valence-electron chi connectivity index (χ2n) is 5.94. The van der Waals surface area contributed by atoms with Crippen molar-refractivity contribution in [2.24, 2.45) is 0 Å². The number of carbonyl (C=O) groups excluding carboxylic acids is 1. The van der Waals surface area contributed by atoms with Gasteiger partial charge >= 0.3 is 0 Å². The Morgan fingerprint density at radius 1 is 0.960 bits per heavy atom. The van der Waals surface area contributed by atoms with Crippen LogP contribution in [0.4, 0.5) is 5.69 Å². The predicted octanol–water partition coefficient (Wildman–Crippen LogP) is 3.22. The average molecular weight is 342 g/mol. The quantitative estimate of drug-likeness (QED) is 0.924. The van der Waals surface area contributed by atoms with Crippen molar-refractivity contribution < 1.29 is 19.0 Å². The molecule has 132 valence electrons. The Hall–Kier alpha value is -2.89. The lowest BCUT2D eigenvalue weighted by Gasteiger charge is -2.36. The maximum atomic E-state index is 12.8. The second kappa shape index (κ2) is 6.55. The summed E-state index contributed by atoms with van der Waals surface area (Å²) in [6, 6.07) is 9.39. The number of benzene rings is 2. The van der Waals surface area contributed by atoms with Crippen molar-refractivity contribution in [1.29, 1.82) is 0 Å². The van der Waals surface area contributed by atoms with E-state index in [0.29, 0.717) is 17.1 Å². The van der Waals surface area contributed by atoms with Crippen LogP contribution in [0.5, 0.6) is 17.2 Å². The number of methoxy groups -OCH3 is 3. The molecule has 1 heterocycles. The lowest BCUT2D eigenvalue weighted by Crippen LogP contribution is -2.40. The highest BCUT2D eigenvalue weighted by Gasteiger charge is 2.32. The maximum Gasteiger partial charge on any atom is 0.257 e. The first kappa shape index (κ1) is 17.0. The summed E-state index contributed by atoms with van der Waals surface area (Å²) in [4.78, 5) is 14.5. The summed E-state index contributed by atoms with van der Waals surface area (Å²) in [5.41, 5.74) is 3.27. The second-order valence-corrected chi connectivity index (χ2v) is 5.94. The Balaban J connectivity index is 2.03. The highest BCUT2D eigenvalue weighted by molar-refractivity contribution is 6.02. The molecule has 1 unspecified atom stereocenters. The van der Waals surface area contributed by atoms with Crippen LogP contribution >= 0.6 is 0 Å². The number of rotatable bonds is 4. The Kier molecular flexibility index (Phi) is 4.44. The minimum absolute atomic E-state index is 0.0758. The van der Waals surface area contributed by atoms with Gasteiger partial charge in [0.15, 0.2) is 11.5 Å². The third kappa shape index (κ3) is 2.84. The first-order valence-electron chi connectivity index (χ1n) is 7.94. The van der Waals surface area contributed by atoms with Gasteiger partial charge in [-0.25, -0.2) is 0 Å². The van der Waals surface area contributed by atoms with Crippen LogP contribution in [0.2, 0.25) is 0 Å². The van der Waals surface area contributed by atoms with Gasteiger partial charge < -0.3 is 24.4 Å². The first-order valence-corrected chi connectivity index (χ1v) is 7.94. The van der Waals surface area contributed by atoms with Gasteiger partial charge in [-0.1, -0.05) is 6.07 Å². The molecule has 0 bridgehead atoms. The predicted molar refractivity (Wildman–Crippen MR) is 95.7 cm³/mol. The molecule has 1 N–H and O–H groups in total. The van der Waals surface area contributed by atoms with E-state index in [1.807, 2.05) is 25.1 Å². The number of hydrogen-bond acceptors (Lipinski definition) is 5. The first-order chi connectivity index (χ1) is 12.0. The van der Waals surface area contributed by atoms with Crippen molar-refractivity contribution in [2.45, 2.75) is 13.1 Å². The summed E-state index contributed by atoms with van der Waals surface area (Å²) in [6.45, 7) is 1.98. The van der Waals surface area contributed by atoms with E-state index in [4.69, 9.17) is 14.2 Å². The van der Waals surface area contributed by atoms with Crippen LogP contribution in [0.1, 0.15) is 27.7 Å². The zero-order valence-corrected chi connectivity index (χ0v) is 15.0. The van der Waals surface area contributed by atoms with E-state index < -0.39 is 0 Å². The molecular formula is C19H22N2O4. The number of anilines is 1. The average Bonchev–Trinajstić information content (AvgIpc) is 2.63. The van der Waals surface area contributed by atoms with Gasteiger partial charge in [-0.2, -0.15) is 0 Å².